The molecule has 4 nitrogen and oxygen atoms in total. The minimum Gasteiger partial charge on any atom is -0.394 e. The first kappa shape index (κ1) is 14.4. The first-order valence-corrected chi connectivity index (χ1v) is 5.47. The molecule has 0 aliphatic rings. The molecule has 1 amide bonds. The molecular weight excluding hydrogens is 240 g/mol. The molecule has 0 bridgehead atoms. The molecule has 0 aliphatic carbocycles. The average Bonchev–Trinajstić information content (AvgIpc) is 2.31. The number of nitrogens with zero attached hydrogens (tertiary/aromatic N) is 2. The number of nitrogen functional groups attached to an aromatic ring is 1. The van der Waals surface area contributed by atoms with Crippen LogP contribution in [0, 0.1) is 11.6 Å². The third kappa shape index (κ3) is 3.40. The molecule has 0 heterocycles. The molecule has 2 N–H and O–H groups in total. The Morgan fingerprint density at radius 2 is 1.67 bits per heavy atom. The van der Waals surface area contributed by atoms with Crippen molar-refractivity contribution in [2.24, 2.45) is 0 Å². The molecule has 100 valence electrons. The van der Waals surface area contributed by atoms with Crippen molar-refractivity contribution in [3.8, 4) is 0 Å². The van der Waals surface area contributed by atoms with Gasteiger partial charge >= 0.3 is 0 Å². The van der Waals surface area contributed by atoms with E-state index in [0.717, 1.165) is 12.1 Å². The highest BCUT2D eigenvalue weighted by atomic mass is 19.1. The van der Waals surface area contributed by atoms with Crippen molar-refractivity contribution in [3.63, 3.8) is 0 Å². The summed E-state index contributed by atoms with van der Waals surface area (Å²) >= 11 is 0. The summed E-state index contributed by atoms with van der Waals surface area (Å²) in [4.78, 5) is 15.2. The van der Waals surface area contributed by atoms with E-state index >= 15 is 0 Å². The zero-order valence-corrected chi connectivity index (χ0v) is 10.7. The van der Waals surface area contributed by atoms with Crippen LogP contribution in [0.15, 0.2) is 12.1 Å². The van der Waals surface area contributed by atoms with Gasteiger partial charge in [-0.1, -0.05) is 0 Å². The number of amides is 1. The predicted octanol–water partition coefficient (Wildman–Crippen LogP) is 1.18. The summed E-state index contributed by atoms with van der Waals surface area (Å²) in [7, 11) is 5.33. The van der Waals surface area contributed by atoms with E-state index in [9.17, 15) is 13.6 Å². The normalized spacial score (nSPS) is 10.8. The third-order valence-electron chi connectivity index (χ3n) is 2.56. The molecule has 0 unspecified atom stereocenters. The Balaban J connectivity index is 2.84. The van der Waals surface area contributed by atoms with Gasteiger partial charge in [-0.25, -0.2) is 8.78 Å². The van der Waals surface area contributed by atoms with Crippen molar-refractivity contribution < 1.29 is 13.6 Å². The maximum absolute atomic E-state index is 13.2. The van der Waals surface area contributed by atoms with Gasteiger partial charge in [0.15, 0.2) is 0 Å². The van der Waals surface area contributed by atoms with Gasteiger partial charge in [0.05, 0.1) is 0 Å². The quantitative estimate of drug-likeness (QED) is 0.824. The Hall–Kier alpha value is -1.69. The maximum atomic E-state index is 13.2. The second-order valence-corrected chi connectivity index (χ2v) is 4.38. The Labute approximate surface area is 105 Å². The molecule has 0 aromatic heterocycles. The van der Waals surface area contributed by atoms with Crippen LogP contribution in [0.3, 0.4) is 0 Å². The van der Waals surface area contributed by atoms with E-state index in [0.29, 0.717) is 13.1 Å². The van der Waals surface area contributed by atoms with E-state index < -0.39 is 23.2 Å². The average molecular weight is 257 g/mol. The van der Waals surface area contributed by atoms with Gasteiger partial charge in [-0.05, 0) is 26.2 Å². The number of hydrogen-bond donors (Lipinski definition) is 1. The number of halogens is 2. The topological polar surface area (TPSA) is 49.6 Å². The van der Waals surface area contributed by atoms with Gasteiger partial charge in [-0.3, -0.25) is 4.79 Å². The van der Waals surface area contributed by atoms with E-state index in [1.807, 2.05) is 19.0 Å². The highest BCUT2D eigenvalue weighted by Gasteiger charge is 2.16. The zero-order valence-electron chi connectivity index (χ0n) is 10.7. The van der Waals surface area contributed by atoms with E-state index in [1.165, 1.54) is 4.90 Å². The SMILES string of the molecule is CN(C)CCN(C)C(=O)c1cc(F)c(N)c(F)c1. The molecule has 0 atom stereocenters. The summed E-state index contributed by atoms with van der Waals surface area (Å²) in [6.07, 6.45) is 0. The Morgan fingerprint density at radius 1 is 1.17 bits per heavy atom. The summed E-state index contributed by atoms with van der Waals surface area (Å²) < 4.78 is 26.5. The molecule has 1 aromatic rings. The number of likely N-dealkylation sites (N-methyl/N-ethyl adjacent to an activating group) is 2. The van der Waals surface area contributed by atoms with E-state index in [2.05, 4.69) is 0 Å². The van der Waals surface area contributed by atoms with Crippen LogP contribution < -0.4 is 5.73 Å². The lowest BCUT2D eigenvalue weighted by Gasteiger charge is -2.19. The smallest absolute Gasteiger partial charge is 0.253 e. The number of carbonyl (C=O) groups is 1. The molecule has 1 rings (SSSR count). The standard InChI is InChI=1S/C12H17F2N3O/c1-16(2)4-5-17(3)12(18)8-6-9(13)11(15)10(14)7-8/h6-7H,4-5,15H2,1-3H3. The monoisotopic (exact) mass is 257 g/mol. The number of nitrogens with two attached hydrogens (primary N) is 1. The number of anilines is 1. The van der Waals surface area contributed by atoms with E-state index in [-0.39, 0.29) is 5.56 Å². The summed E-state index contributed by atoms with van der Waals surface area (Å²) in [6, 6.07) is 1.90. The highest BCUT2D eigenvalue weighted by molar-refractivity contribution is 5.94. The number of benzene rings is 1. The van der Waals surface area contributed by atoms with Crippen molar-refractivity contribution in [3.05, 3.63) is 29.3 Å². The lowest BCUT2D eigenvalue weighted by Crippen LogP contribution is -2.33. The fourth-order valence-corrected chi connectivity index (χ4v) is 1.38. The van der Waals surface area contributed by atoms with Crippen LogP contribution in [0.4, 0.5) is 14.5 Å². The van der Waals surface area contributed by atoms with Gasteiger partial charge in [-0.15, -0.1) is 0 Å². The molecule has 0 saturated heterocycles. The molecule has 0 spiro atoms. The molecule has 0 aliphatic heterocycles. The van der Waals surface area contributed by atoms with Gasteiger partial charge in [-0.2, -0.15) is 0 Å². The fraction of sp³-hybridized carbons (Fsp3) is 0.417. The number of hydrogen-bond acceptors (Lipinski definition) is 3. The van der Waals surface area contributed by atoms with Crippen LogP contribution >= 0.6 is 0 Å². The first-order chi connectivity index (χ1) is 8.32. The predicted molar refractivity (Wildman–Crippen MR) is 66.3 cm³/mol. The highest BCUT2D eigenvalue weighted by Crippen LogP contribution is 2.18. The summed E-state index contributed by atoms with van der Waals surface area (Å²) in [6.45, 7) is 1.14. The maximum Gasteiger partial charge on any atom is 0.253 e. The van der Waals surface area contributed by atoms with Gasteiger partial charge in [0.25, 0.3) is 5.91 Å². The van der Waals surface area contributed by atoms with Crippen LogP contribution in [-0.2, 0) is 0 Å². The molecule has 6 heteroatoms. The van der Waals surface area contributed by atoms with Crippen molar-refractivity contribution in [1.29, 1.82) is 0 Å². The van der Waals surface area contributed by atoms with Crippen molar-refractivity contribution in [2.75, 3.05) is 40.0 Å². The molecule has 0 fully saturated rings. The van der Waals surface area contributed by atoms with Crippen LogP contribution in [0.5, 0.6) is 0 Å². The summed E-state index contributed by atoms with van der Waals surface area (Å²) in [5.41, 5.74) is 4.54. The van der Waals surface area contributed by atoms with Crippen LogP contribution in [0.2, 0.25) is 0 Å². The Bertz CT molecular complexity index is 426. The van der Waals surface area contributed by atoms with Crippen LogP contribution in [0.25, 0.3) is 0 Å². The molecule has 0 saturated carbocycles. The minimum atomic E-state index is -0.917. The van der Waals surface area contributed by atoms with Crippen LogP contribution in [0.1, 0.15) is 10.4 Å². The third-order valence-corrected chi connectivity index (χ3v) is 2.56. The van der Waals surface area contributed by atoms with E-state index in [4.69, 9.17) is 5.73 Å². The Kier molecular flexibility index (Phi) is 4.61. The van der Waals surface area contributed by atoms with Crippen LogP contribution in [-0.4, -0.2) is 49.9 Å². The fourth-order valence-electron chi connectivity index (χ4n) is 1.38. The van der Waals surface area contributed by atoms with E-state index in [1.54, 1.807) is 7.05 Å². The van der Waals surface area contributed by atoms with Gasteiger partial charge in [0.2, 0.25) is 0 Å². The summed E-state index contributed by atoms with van der Waals surface area (Å²) in [5, 5.41) is 0. The summed E-state index contributed by atoms with van der Waals surface area (Å²) in [5.74, 6) is -2.27. The van der Waals surface area contributed by atoms with Crippen molar-refractivity contribution in [1.82, 2.24) is 9.80 Å². The minimum absolute atomic E-state index is 0.0412. The lowest BCUT2D eigenvalue weighted by molar-refractivity contribution is 0.0785. The number of carbonyl (C=O) groups excluding carboxylic acids is 1. The molecular formula is C12H17F2N3O. The van der Waals surface area contributed by atoms with Gasteiger partial charge < -0.3 is 15.5 Å². The Morgan fingerprint density at radius 3 is 2.11 bits per heavy atom. The molecule has 18 heavy (non-hydrogen) atoms. The van der Waals surface area contributed by atoms with Gasteiger partial charge in [0.1, 0.15) is 17.3 Å². The van der Waals surface area contributed by atoms with Crippen molar-refractivity contribution in [2.45, 2.75) is 0 Å². The second-order valence-electron chi connectivity index (χ2n) is 4.38. The van der Waals surface area contributed by atoms with Gasteiger partial charge in [0, 0.05) is 25.7 Å². The first-order valence-electron chi connectivity index (χ1n) is 5.47. The molecule has 0 radical (unpaired) electrons. The zero-order chi connectivity index (χ0) is 13.9. The largest absolute Gasteiger partial charge is 0.394 e. The van der Waals surface area contributed by atoms with Crippen molar-refractivity contribution >= 4 is 11.6 Å². The number of rotatable bonds is 4. The lowest BCUT2D eigenvalue weighted by atomic mass is 10.1. The molecule has 1 aromatic carbocycles. The second kappa shape index (κ2) is 5.77.